The number of anilines is 1. The van der Waals surface area contributed by atoms with Crippen molar-refractivity contribution in [3.63, 3.8) is 0 Å². The summed E-state index contributed by atoms with van der Waals surface area (Å²) in [7, 11) is 0. The van der Waals surface area contributed by atoms with Crippen LogP contribution in [0.1, 0.15) is 60.1 Å². The number of thiazole rings is 1. The molecule has 1 amide bonds. The van der Waals surface area contributed by atoms with E-state index in [-0.39, 0.29) is 24.3 Å². The van der Waals surface area contributed by atoms with Crippen molar-refractivity contribution >= 4 is 57.3 Å². The summed E-state index contributed by atoms with van der Waals surface area (Å²) in [4.78, 5) is 42.6. The van der Waals surface area contributed by atoms with E-state index in [1.54, 1.807) is 26.2 Å². The van der Waals surface area contributed by atoms with Gasteiger partial charge in [0.2, 0.25) is 5.91 Å². The number of ether oxygens (including phenoxy) is 2. The number of nitrogens with one attached hydrogen (secondary N) is 1. The SMILES string of the molecule is CCOC(=O)Cc1csc(SC(C)C(=O)Nc2sc3c(c2C(=O)OCC)CCCC3)n1. The van der Waals surface area contributed by atoms with E-state index in [1.165, 1.54) is 34.4 Å². The highest BCUT2D eigenvalue weighted by molar-refractivity contribution is 8.02. The van der Waals surface area contributed by atoms with Crippen LogP contribution in [0.3, 0.4) is 0 Å². The number of thioether (sulfide) groups is 1. The number of nitrogens with zero attached hydrogens (tertiary/aromatic N) is 1. The predicted molar refractivity (Wildman–Crippen MR) is 123 cm³/mol. The standard InChI is InChI=1S/C21H26N2O5S3/c1-4-27-16(24)10-13-11-29-21(22-13)30-12(3)18(25)23-19-17(20(26)28-5-2)14-8-6-7-9-15(14)31-19/h11-12H,4-10H2,1-3H3,(H,23,25). The molecule has 31 heavy (non-hydrogen) atoms. The minimum atomic E-state index is -0.421. The smallest absolute Gasteiger partial charge is 0.341 e. The molecule has 0 bridgehead atoms. The molecule has 2 aromatic rings. The van der Waals surface area contributed by atoms with Gasteiger partial charge in [-0.2, -0.15) is 0 Å². The number of carbonyl (C=O) groups excluding carboxylic acids is 3. The van der Waals surface area contributed by atoms with Crippen molar-refractivity contribution < 1.29 is 23.9 Å². The van der Waals surface area contributed by atoms with Crippen LogP contribution in [-0.2, 0) is 38.3 Å². The maximum Gasteiger partial charge on any atom is 0.341 e. The molecule has 1 aliphatic carbocycles. The molecule has 1 atom stereocenters. The quantitative estimate of drug-likeness (QED) is 0.416. The molecule has 0 aromatic carbocycles. The van der Waals surface area contributed by atoms with Crippen LogP contribution in [0.4, 0.5) is 5.00 Å². The molecule has 3 rings (SSSR count). The lowest BCUT2D eigenvalue weighted by molar-refractivity contribution is -0.142. The lowest BCUT2D eigenvalue weighted by atomic mass is 9.95. The van der Waals surface area contributed by atoms with Crippen molar-refractivity contribution in [2.45, 2.75) is 62.5 Å². The van der Waals surface area contributed by atoms with Gasteiger partial charge in [-0.05, 0) is 52.0 Å². The van der Waals surface area contributed by atoms with Gasteiger partial charge < -0.3 is 14.8 Å². The number of aryl methyl sites for hydroxylation is 1. The molecule has 7 nitrogen and oxygen atoms in total. The second-order valence-corrected chi connectivity index (χ2v) is 10.5. The zero-order valence-corrected chi connectivity index (χ0v) is 20.3. The van der Waals surface area contributed by atoms with Crippen molar-refractivity contribution in [2.75, 3.05) is 18.5 Å². The molecule has 2 aromatic heterocycles. The lowest BCUT2D eigenvalue weighted by Crippen LogP contribution is -2.23. The molecular formula is C21H26N2O5S3. The fourth-order valence-corrected chi connectivity index (χ4v) is 6.54. The van der Waals surface area contributed by atoms with Gasteiger partial charge in [-0.15, -0.1) is 22.7 Å². The summed E-state index contributed by atoms with van der Waals surface area (Å²) in [5.41, 5.74) is 2.17. The fraction of sp³-hybridized carbons (Fsp3) is 0.524. The van der Waals surface area contributed by atoms with Crippen molar-refractivity contribution in [2.24, 2.45) is 0 Å². The van der Waals surface area contributed by atoms with Gasteiger partial charge in [-0.25, -0.2) is 9.78 Å². The van der Waals surface area contributed by atoms with E-state index in [2.05, 4.69) is 10.3 Å². The largest absolute Gasteiger partial charge is 0.466 e. The van der Waals surface area contributed by atoms with Crippen LogP contribution in [0.15, 0.2) is 9.72 Å². The maximum atomic E-state index is 12.9. The third kappa shape index (κ3) is 6.08. The first-order valence-corrected chi connectivity index (χ1v) is 12.9. The highest BCUT2D eigenvalue weighted by Gasteiger charge is 2.28. The van der Waals surface area contributed by atoms with Crippen molar-refractivity contribution in [1.82, 2.24) is 4.98 Å². The summed E-state index contributed by atoms with van der Waals surface area (Å²) in [5, 5.41) is 4.90. The fourth-order valence-electron chi connectivity index (χ4n) is 3.28. The Kier molecular flexibility index (Phi) is 8.50. The summed E-state index contributed by atoms with van der Waals surface area (Å²) in [5.74, 6) is -0.888. The van der Waals surface area contributed by atoms with Crippen LogP contribution < -0.4 is 5.32 Å². The van der Waals surface area contributed by atoms with Gasteiger partial charge >= 0.3 is 11.9 Å². The highest BCUT2D eigenvalue weighted by atomic mass is 32.2. The van der Waals surface area contributed by atoms with Gasteiger partial charge in [0.05, 0.1) is 36.1 Å². The second kappa shape index (κ2) is 11.1. The number of fused-ring (bicyclic) bond motifs is 1. The number of esters is 2. The topological polar surface area (TPSA) is 94.6 Å². The van der Waals surface area contributed by atoms with E-state index in [0.29, 0.717) is 33.8 Å². The van der Waals surface area contributed by atoms with Crippen LogP contribution in [0.2, 0.25) is 0 Å². The monoisotopic (exact) mass is 482 g/mol. The molecule has 0 spiro atoms. The number of rotatable bonds is 9. The van der Waals surface area contributed by atoms with Gasteiger partial charge in [0.15, 0.2) is 4.34 Å². The van der Waals surface area contributed by atoms with Gasteiger partial charge in [-0.1, -0.05) is 11.8 Å². The average molecular weight is 483 g/mol. The Morgan fingerprint density at radius 2 is 1.94 bits per heavy atom. The first-order chi connectivity index (χ1) is 14.9. The highest BCUT2D eigenvalue weighted by Crippen LogP contribution is 2.39. The van der Waals surface area contributed by atoms with E-state index in [9.17, 15) is 14.4 Å². The minimum Gasteiger partial charge on any atom is -0.466 e. The summed E-state index contributed by atoms with van der Waals surface area (Å²) in [6.45, 7) is 5.96. The Labute approximate surface area is 193 Å². The normalized spacial score (nSPS) is 13.9. The summed E-state index contributed by atoms with van der Waals surface area (Å²) in [6, 6.07) is 0. The third-order valence-corrected chi connectivity index (χ3v) is 8.02. The molecule has 2 heterocycles. The molecule has 0 aliphatic heterocycles. The molecule has 168 valence electrons. The average Bonchev–Trinajstić information content (AvgIpc) is 3.31. The molecule has 0 saturated carbocycles. The van der Waals surface area contributed by atoms with Crippen LogP contribution in [0.5, 0.6) is 0 Å². The van der Waals surface area contributed by atoms with Crippen molar-refractivity contribution in [3.05, 3.63) is 27.1 Å². The van der Waals surface area contributed by atoms with Gasteiger partial charge in [0, 0.05) is 10.3 Å². The Balaban J connectivity index is 1.67. The van der Waals surface area contributed by atoms with Crippen LogP contribution in [-0.4, -0.2) is 41.3 Å². The van der Waals surface area contributed by atoms with Crippen LogP contribution in [0, 0.1) is 0 Å². The Bertz CT molecular complexity index is 953. The van der Waals surface area contributed by atoms with E-state index < -0.39 is 5.25 Å². The summed E-state index contributed by atoms with van der Waals surface area (Å²) >= 11 is 4.19. The van der Waals surface area contributed by atoms with Gasteiger partial charge in [0.25, 0.3) is 0 Å². The van der Waals surface area contributed by atoms with E-state index in [4.69, 9.17) is 9.47 Å². The number of thiophene rings is 1. The third-order valence-electron chi connectivity index (χ3n) is 4.70. The number of hydrogen-bond donors (Lipinski definition) is 1. The first-order valence-electron chi connectivity index (χ1n) is 10.3. The van der Waals surface area contributed by atoms with Gasteiger partial charge in [0.1, 0.15) is 5.00 Å². The molecular weight excluding hydrogens is 456 g/mol. The zero-order chi connectivity index (χ0) is 22.4. The molecule has 1 N–H and O–H groups in total. The number of amides is 1. The second-order valence-electron chi connectivity index (χ2n) is 6.97. The number of carbonyl (C=O) groups is 3. The Morgan fingerprint density at radius 3 is 2.68 bits per heavy atom. The van der Waals surface area contributed by atoms with E-state index in [1.807, 2.05) is 0 Å². The lowest BCUT2D eigenvalue weighted by Gasteiger charge is -2.13. The van der Waals surface area contributed by atoms with E-state index in [0.717, 1.165) is 36.1 Å². The predicted octanol–water partition coefficient (Wildman–Crippen LogP) is 4.49. The summed E-state index contributed by atoms with van der Waals surface area (Å²) < 4.78 is 10.9. The first kappa shape index (κ1) is 23.7. The van der Waals surface area contributed by atoms with Crippen LogP contribution in [0.25, 0.3) is 0 Å². The Morgan fingerprint density at radius 1 is 1.19 bits per heavy atom. The summed E-state index contributed by atoms with van der Waals surface area (Å²) in [6.07, 6.45) is 4.01. The zero-order valence-electron chi connectivity index (χ0n) is 17.8. The molecule has 1 unspecified atom stereocenters. The van der Waals surface area contributed by atoms with Gasteiger partial charge in [-0.3, -0.25) is 9.59 Å². The molecule has 0 fully saturated rings. The van der Waals surface area contributed by atoms with Crippen molar-refractivity contribution in [3.8, 4) is 0 Å². The molecule has 0 radical (unpaired) electrons. The maximum absolute atomic E-state index is 12.9. The molecule has 1 aliphatic rings. The Hall–Kier alpha value is -1.91. The molecule has 0 saturated heterocycles. The van der Waals surface area contributed by atoms with Crippen molar-refractivity contribution in [1.29, 1.82) is 0 Å². The number of hydrogen-bond acceptors (Lipinski definition) is 9. The van der Waals surface area contributed by atoms with Crippen LogP contribution >= 0.6 is 34.4 Å². The minimum absolute atomic E-state index is 0.120. The van der Waals surface area contributed by atoms with E-state index >= 15 is 0 Å². The molecule has 10 heteroatoms. The number of aromatic nitrogens is 1.